The lowest BCUT2D eigenvalue weighted by atomic mass is 10.1. The molecule has 2 amide bonds. The van der Waals surface area contributed by atoms with Gasteiger partial charge >= 0.3 is 6.18 Å². The first-order chi connectivity index (χ1) is 12.3. The van der Waals surface area contributed by atoms with Gasteiger partial charge in [-0.15, -0.1) is 0 Å². The van der Waals surface area contributed by atoms with Crippen LogP contribution in [0.1, 0.15) is 15.9 Å². The number of aromatic nitrogens is 1. The van der Waals surface area contributed by atoms with E-state index in [4.69, 9.17) is 0 Å². The van der Waals surface area contributed by atoms with E-state index >= 15 is 0 Å². The van der Waals surface area contributed by atoms with Gasteiger partial charge in [-0.05, 0) is 30.3 Å². The number of hydrogen-bond acceptors (Lipinski definition) is 3. The molecule has 0 radical (unpaired) electrons. The fourth-order valence-corrected chi connectivity index (χ4v) is 2.09. The molecule has 0 bridgehead atoms. The highest BCUT2D eigenvalue weighted by atomic mass is 19.4. The molecule has 0 aliphatic heterocycles. The summed E-state index contributed by atoms with van der Waals surface area (Å²) in [6.45, 7) is 0.0641. The number of nitrogens with one attached hydrogen (secondary N) is 2. The van der Waals surface area contributed by atoms with Crippen molar-refractivity contribution in [2.24, 2.45) is 0 Å². The number of benzene rings is 1. The maximum absolute atomic E-state index is 12.5. The summed E-state index contributed by atoms with van der Waals surface area (Å²) in [5.74, 6) is -0.950. The van der Waals surface area contributed by atoms with Gasteiger partial charge in [-0.3, -0.25) is 14.4 Å². The molecule has 138 valence electrons. The van der Waals surface area contributed by atoms with Crippen LogP contribution in [0.3, 0.4) is 0 Å². The molecule has 0 saturated carbocycles. The molecule has 0 saturated heterocycles. The molecule has 0 fully saturated rings. The number of nitrogens with zero attached hydrogens (tertiary/aromatic N) is 1. The molecule has 0 atom stereocenters. The summed E-state index contributed by atoms with van der Waals surface area (Å²) in [5, 5.41) is 5.02. The molecule has 9 heteroatoms. The lowest BCUT2D eigenvalue weighted by Gasteiger charge is -2.09. The van der Waals surface area contributed by atoms with Crippen molar-refractivity contribution in [1.29, 1.82) is 0 Å². The van der Waals surface area contributed by atoms with E-state index in [9.17, 15) is 27.6 Å². The Bertz CT molecular complexity index is 829. The quantitative estimate of drug-likeness (QED) is 0.758. The molecule has 26 heavy (non-hydrogen) atoms. The minimum absolute atomic E-state index is 0.0835. The summed E-state index contributed by atoms with van der Waals surface area (Å²) in [7, 11) is 0. The minimum atomic E-state index is -4.46. The van der Waals surface area contributed by atoms with Crippen LogP contribution in [0.15, 0.2) is 53.5 Å². The molecule has 2 N–H and O–H groups in total. The Hall–Kier alpha value is -3.10. The lowest BCUT2D eigenvalue weighted by Crippen LogP contribution is -2.37. The molecule has 2 aromatic rings. The van der Waals surface area contributed by atoms with Crippen molar-refractivity contribution >= 4 is 11.8 Å². The van der Waals surface area contributed by atoms with Gasteiger partial charge < -0.3 is 15.2 Å². The predicted molar refractivity (Wildman–Crippen MR) is 87.5 cm³/mol. The van der Waals surface area contributed by atoms with Crippen LogP contribution in [0.25, 0.3) is 0 Å². The third-order valence-corrected chi connectivity index (χ3v) is 3.42. The van der Waals surface area contributed by atoms with Gasteiger partial charge in [0.1, 0.15) is 6.54 Å². The highest BCUT2D eigenvalue weighted by Gasteiger charge is 2.30. The summed E-state index contributed by atoms with van der Waals surface area (Å²) in [4.78, 5) is 35.0. The largest absolute Gasteiger partial charge is 0.416 e. The molecule has 0 spiro atoms. The summed E-state index contributed by atoms with van der Waals surface area (Å²) in [5.41, 5.74) is -1.06. The highest BCUT2D eigenvalue weighted by Crippen LogP contribution is 2.28. The second kappa shape index (κ2) is 8.32. The fourth-order valence-electron chi connectivity index (χ4n) is 2.09. The van der Waals surface area contributed by atoms with Gasteiger partial charge in [-0.25, -0.2) is 0 Å². The maximum Gasteiger partial charge on any atom is 0.416 e. The zero-order valence-electron chi connectivity index (χ0n) is 13.5. The van der Waals surface area contributed by atoms with Crippen molar-refractivity contribution in [3.63, 3.8) is 0 Å². The van der Waals surface area contributed by atoms with Crippen LogP contribution >= 0.6 is 0 Å². The van der Waals surface area contributed by atoms with E-state index in [1.54, 1.807) is 12.1 Å². The first-order valence-electron chi connectivity index (χ1n) is 7.65. The van der Waals surface area contributed by atoms with Crippen LogP contribution in [0.5, 0.6) is 0 Å². The van der Waals surface area contributed by atoms with Gasteiger partial charge in [0.25, 0.3) is 11.5 Å². The normalized spacial score (nSPS) is 11.0. The van der Waals surface area contributed by atoms with Crippen molar-refractivity contribution in [2.45, 2.75) is 12.7 Å². The molecule has 0 unspecified atom stereocenters. The second-order valence-electron chi connectivity index (χ2n) is 5.35. The number of halogens is 3. The van der Waals surface area contributed by atoms with Gasteiger partial charge in [-0.2, -0.15) is 13.2 Å². The Morgan fingerprint density at radius 3 is 2.23 bits per heavy atom. The standard InChI is InChI=1S/C17H16F3N3O3/c18-17(19,20)13-6-4-12(5-7-13)16(26)22-9-8-21-14(24)11-23-10-2-1-3-15(23)25/h1-7,10H,8-9,11H2,(H,21,24)(H,22,26). The summed E-state index contributed by atoms with van der Waals surface area (Å²) < 4.78 is 38.6. The topological polar surface area (TPSA) is 80.2 Å². The maximum atomic E-state index is 12.5. The molecule has 0 aliphatic rings. The number of amides is 2. The molecule has 6 nitrogen and oxygen atoms in total. The lowest BCUT2D eigenvalue weighted by molar-refractivity contribution is -0.137. The summed E-state index contributed by atoms with van der Waals surface area (Å²) in [6, 6.07) is 8.34. The Morgan fingerprint density at radius 2 is 1.62 bits per heavy atom. The van der Waals surface area contributed by atoms with Crippen LogP contribution < -0.4 is 16.2 Å². The van der Waals surface area contributed by atoms with Crippen LogP contribution in [-0.2, 0) is 17.5 Å². The van der Waals surface area contributed by atoms with E-state index in [0.29, 0.717) is 0 Å². The van der Waals surface area contributed by atoms with Crippen molar-refractivity contribution in [3.8, 4) is 0 Å². The molecule has 2 rings (SSSR count). The first-order valence-corrected chi connectivity index (χ1v) is 7.65. The number of rotatable bonds is 6. The summed E-state index contributed by atoms with van der Waals surface area (Å²) >= 11 is 0. The SMILES string of the molecule is O=C(Cn1ccccc1=O)NCCNC(=O)c1ccc(C(F)(F)F)cc1. The molecule has 0 aliphatic carbocycles. The van der Waals surface area contributed by atoms with Gasteiger partial charge in [-0.1, -0.05) is 6.07 Å². The van der Waals surface area contributed by atoms with Crippen LogP contribution in [0, 0.1) is 0 Å². The Kier molecular flexibility index (Phi) is 6.16. The van der Waals surface area contributed by atoms with Crippen molar-refractivity contribution in [1.82, 2.24) is 15.2 Å². The van der Waals surface area contributed by atoms with Crippen molar-refractivity contribution in [2.75, 3.05) is 13.1 Å². The van der Waals surface area contributed by atoms with Crippen LogP contribution in [0.4, 0.5) is 13.2 Å². The molecular weight excluding hydrogens is 351 g/mol. The number of pyridine rings is 1. The van der Waals surface area contributed by atoms with Gasteiger partial charge in [0, 0.05) is 30.9 Å². The van der Waals surface area contributed by atoms with E-state index in [2.05, 4.69) is 10.6 Å². The molecule has 1 aromatic heterocycles. The third-order valence-electron chi connectivity index (χ3n) is 3.42. The average Bonchev–Trinajstić information content (AvgIpc) is 2.60. The number of hydrogen-bond donors (Lipinski definition) is 2. The van der Waals surface area contributed by atoms with E-state index < -0.39 is 23.6 Å². The smallest absolute Gasteiger partial charge is 0.353 e. The van der Waals surface area contributed by atoms with E-state index in [-0.39, 0.29) is 30.8 Å². The minimum Gasteiger partial charge on any atom is -0.353 e. The van der Waals surface area contributed by atoms with Gasteiger partial charge in [0.2, 0.25) is 5.91 Å². The molecule has 1 aromatic carbocycles. The monoisotopic (exact) mass is 367 g/mol. The zero-order valence-corrected chi connectivity index (χ0v) is 13.5. The van der Waals surface area contributed by atoms with E-state index in [1.807, 2.05) is 0 Å². The number of alkyl halides is 3. The van der Waals surface area contributed by atoms with Crippen LogP contribution in [0.2, 0.25) is 0 Å². The Balaban J connectivity index is 1.75. The Morgan fingerprint density at radius 1 is 0.962 bits per heavy atom. The van der Waals surface area contributed by atoms with E-state index in [0.717, 1.165) is 24.3 Å². The zero-order chi connectivity index (χ0) is 19.2. The first kappa shape index (κ1) is 19.2. The second-order valence-corrected chi connectivity index (χ2v) is 5.35. The third kappa shape index (κ3) is 5.47. The number of carbonyl (C=O) groups is 2. The van der Waals surface area contributed by atoms with Crippen molar-refractivity contribution < 1.29 is 22.8 Å². The van der Waals surface area contributed by atoms with E-state index in [1.165, 1.54) is 16.8 Å². The summed E-state index contributed by atoms with van der Waals surface area (Å²) in [6.07, 6.45) is -2.98. The molecule has 1 heterocycles. The average molecular weight is 367 g/mol. The number of carbonyl (C=O) groups excluding carboxylic acids is 2. The van der Waals surface area contributed by atoms with Gasteiger partial charge in [0.15, 0.2) is 0 Å². The van der Waals surface area contributed by atoms with Crippen LogP contribution in [-0.4, -0.2) is 29.5 Å². The van der Waals surface area contributed by atoms with Gasteiger partial charge in [0.05, 0.1) is 5.56 Å². The Labute approximate surface area is 146 Å². The molecular formula is C17H16F3N3O3. The predicted octanol–water partition coefficient (Wildman–Crippen LogP) is 1.41. The fraction of sp³-hybridized carbons (Fsp3) is 0.235. The highest BCUT2D eigenvalue weighted by molar-refractivity contribution is 5.94. The van der Waals surface area contributed by atoms with Crippen molar-refractivity contribution in [3.05, 3.63) is 70.1 Å².